The highest BCUT2D eigenvalue weighted by atomic mass is 79.9. The van der Waals surface area contributed by atoms with Gasteiger partial charge in [-0.2, -0.15) is 0 Å². The second-order valence-electron chi connectivity index (χ2n) is 3.54. The van der Waals surface area contributed by atoms with Crippen molar-refractivity contribution >= 4 is 21.6 Å². The van der Waals surface area contributed by atoms with E-state index >= 15 is 0 Å². The number of para-hydroxylation sites is 1. The Morgan fingerprint density at radius 1 is 1.41 bits per heavy atom. The van der Waals surface area contributed by atoms with Gasteiger partial charge in [-0.1, -0.05) is 12.1 Å². The third-order valence-corrected chi connectivity index (χ3v) is 2.65. The molecule has 5 heteroatoms. The molecule has 0 aliphatic carbocycles. The smallest absolute Gasteiger partial charge is 0.256 e. The minimum atomic E-state index is -0.540. The van der Waals surface area contributed by atoms with E-state index in [2.05, 4.69) is 20.9 Å². The van der Waals surface area contributed by atoms with E-state index in [1.165, 1.54) is 12.3 Å². The Morgan fingerprint density at radius 2 is 2.18 bits per heavy atom. The van der Waals surface area contributed by atoms with E-state index in [4.69, 9.17) is 10.5 Å². The van der Waals surface area contributed by atoms with Crippen molar-refractivity contribution in [2.45, 2.75) is 6.92 Å². The van der Waals surface area contributed by atoms with Crippen LogP contribution in [-0.4, -0.2) is 4.98 Å². The number of nitrogens with zero attached hydrogens (tertiary/aromatic N) is 1. The Bertz CT molecular complexity index is 540. The predicted octanol–water partition coefficient (Wildman–Crippen LogP) is 3.67. The highest BCUT2D eigenvalue weighted by Gasteiger charge is 2.11. The van der Waals surface area contributed by atoms with Crippen LogP contribution < -0.4 is 10.5 Å². The minimum absolute atomic E-state index is 0.0887. The number of rotatable bonds is 2. The minimum Gasteiger partial charge on any atom is -0.434 e. The van der Waals surface area contributed by atoms with Crippen molar-refractivity contribution in [3.8, 4) is 11.6 Å². The van der Waals surface area contributed by atoms with Crippen molar-refractivity contribution < 1.29 is 9.13 Å². The summed E-state index contributed by atoms with van der Waals surface area (Å²) < 4.78 is 19.5. The summed E-state index contributed by atoms with van der Waals surface area (Å²) in [7, 11) is 0. The molecule has 0 saturated carbocycles. The van der Waals surface area contributed by atoms with E-state index in [1.54, 1.807) is 6.07 Å². The number of benzene rings is 1. The van der Waals surface area contributed by atoms with Crippen LogP contribution in [0.2, 0.25) is 0 Å². The first-order valence-corrected chi connectivity index (χ1v) is 5.71. The zero-order valence-corrected chi connectivity index (χ0v) is 10.7. The summed E-state index contributed by atoms with van der Waals surface area (Å²) in [4.78, 5) is 3.86. The van der Waals surface area contributed by atoms with Gasteiger partial charge in [0.15, 0.2) is 11.6 Å². The molecule has 0 spiro atoms. The lowest BCUT2D eigenvalue weighted by molar-refractivity contribution is 0.421. The molecule has 2 aromatic rings. The van der Waals surface area contributed by atoms with Crippen LogP contribution in [0, 0.1) is 12.7 Å². The maximum Gasteiger partial charge on any atom is 0.256 e. The molecule has 0 radical (unpaired) electrons. The summed E-state index contributed by atoms with van der Waals surface area (Å²) in [5, 5.41) is 0. The lowest BCUT2D eigenvalue weighted by Gasteiger charge is -2.10. The van der Waals surface area contributed by atoms with Gasteiger partial charge in [-0.25, -0.2) is 9.37 Å². The molecular formula is C12H10BrFN2O. The van der Waals surface area contributed by atoms with Crippen LogP contribution in [-0.2, 0) is 0 Å². The molecule has 2 N–H and O–H groups in total. The van der Waals surface area contributed by atoms with Gasteiger partial charge >= 0.3 is 0 Å². The largest absolute Gasteiger partial charge is 0.434 e. The third kappa shape index (κ3) is 2.55. The van der Waals surface area contributed by atoms with Crippen molar-refractivity contribution in [2.75, 3.05) is 5.73 Å². The first-order valence-electron chi connectivity index (χ1n) is 4.92. The zero-order chi connectivity index (χ0) is 12.4. The molecule has 1 aromatic heterocycles. The number of aryl methyl sites for hydroxylation is 1. The molecule has 2 rings (SSSR count). The molecular weight excluding hydrogens is 287 g/mol. The number of anilines is 1. The molecule has 0 atom stereocenters. The molecule has 1 aromatic carbocycles. The van der Waals surface area contributed by atoms with Crippen LogP contribution in [0.4, 0.5) is 10.1 Å². The highest BCUT2D eigenvalue weighted by Crippen LogP contribution is 2.31. The number of nitrogens with two attached hydrogens (primary N) is 1. The lowest BCUT2D eigenvalue weighted by Crippen LogP contribution is -1.97. The highest BCUT2D eigenvalue weighted by molar-refractivity contribution is 9.10. The number of ether oxygens (including phenoxy) is 1. The summed E-state index contributed by atoms with van der Waals surface area (Å²) in [5.74, 6) is -0.197. The number of halogens is 2. The van der Waals surface area contributed by atoms with Crippen LogP contribution in [0.15, 0.2) is 34.9 Å². The van der Waals surface area contributed by atoms with Gasteiger partial charge in [0.1, 0.15) is 0 Å². The summed E-state index contributed by atoms with van der Waals surface area (Å²) >= 11 is 3.13. The molecule has 0 aliphatic heterocycles. The average Bonchev–Trinajstić information content (AvgIpc) is 2.26. The van der Waals surface area contributed by atoms with Crippen LogP contribution in [0.1, 0.15) is 5.56 Å². The fourth-order valence-corrected chi connectivity index (χ4v) is 1.69. The maximum absolute atomic E-state index is 13.5. The van der Waals surface area contributed by atoms with E-state index in [1.807, 2.05) is 19.1 Å². The van der Waals surface area contributed by atoms with Crippen molar-refractivity contribution in [3.63, 3.8) is 0 Å². The monoisotopic (exact) mass is 296 g/mol. The number of aromatic nitrogens is 1. The molecule has 0 aliphatic rings. The first-order chi connectivity index (χ1) is 8.08. The van der Waals surface area contributed by atoms with Gasteiger partial charge in [0.2, 0.25) is 0 Å². The van der Waals surface area contributed by atoms with Gasteiger partial charge < -0.3 is 10.5 Å². The first kappa shape index (κ1) is 11.9. The van der Waals surface area contributed by atoms with E-state index in [9.17, 15) is 4.39 Å². The Labute approximate surface area is 107 Å². The van der Waals surface area contributed by atoms with E-state index in [0.29, 0.717) is 15.9 Å². The average molecular weight is 297 g/mol. The summed E-state index contributed by atoms with van der Waals surface area (Å²) in [6.45, 7) is 1.84. The zero-order valence-electron chi connectivity index (χ0n) is 9.08. The van der Waals surface area contributed by atoms with Gasteiger partial charge in [-0.3, -0.25) is 0 Å². The SMILES string of the molecule is Cc1cccc(N)c1Oc1ncc(Br)cc1F. The standard InChI is InChI=1S/C12H10BrFN2O/c1-7-3-2-4-10(15)11(7)17-12-9(14)5-8(13)6-16-12/h2-6H,15H2,1H3. The Hall–Kier alpha value is -1.62. The van der Waals surface area contributed by atoms with Crippen LogP contribution in [0.3, 0.4) is 0 Å². The van der Waals surface area contributed by atoms with Gasteiger partial charge in [-0.05, 0) is 40.5 Å². The molecule has 88 valence electrons. The van der Waals surface area contributed by atoms with E-state index < -0.39 is 5.82 Å². The summed E-state index contributed by atoms with van der Waals surface area (Å²) in [6.07, 6.45) is 1.47. The fourth-order valence-electron chi connectivity index (χ4n) is 1.39. The van der Waals surface area contributed by atoms with Crippen LogP contribution in [0.5, 0.6) is 11.6 Å². The fraction of sp³-hybridized carbons (Fsp3) is 0.0833. The number of hydrogen-bond donors (Lipinski definition) is 1. The Balaban J connectivity index is 2.38. The molecule has 0 fully saturated rings. The summed E-state index contributed by atoms with van der Waals surface area (Å²) in [5.41, 5.74) is 7.05. The van der Waals surface area contributed by atoms with Gasteiger partial charge in [-0.15, -0.1) is 0 Å². The Morgan fingerprint density at radius 3 is 2.82 bits per heavy atom. The third-order valence-electron chi connectivity index (χ3n) is 2.22. The van der Waals surface area contributed by atoms with Crippen LogP contribution in [0.25, 0.3) is 0 Å². The van der Waals surface area contributed by atoms with Crippen LogP contribution >= 0.6 is 15.9 Å². The van der Waals surface area contributed by atoms with Crippen molar-refractivity contribution in [1.82, 2.24) is 4.98 Å². The van der Waals surface area contributed by atoms with Gasteiger partial charge in [0, 0.05) is 10.7 Å². The molecule has 0 bridgehead atoms. The van der Waals surface area contributed by atoms with Gasteiger partial charge in [0.25, 0.3) is 5.88 Å². The second-order valence-corrected chi connectivity index (χ2v) is 4.45. The quantitative estimate of drug-likeness (QED) is 0.860. The maximum atomic E-state index is 13.5. The predicted molar refractivity (Wildman–Crippen MR) is 67.6 cm³/mol. The number of hydrogen-bond acceptors (Lipinski definition) is 3. The molecule has 0 amide bonds. The molecule has 17 heavy (non-hydrogen) atoms. The number of nitrogen functional groups attached to an aromatic ring is 1. The van der Waals surface area contributed by atoms with E-state index in [-0.39, 0.29) is 5.88 Å². The van der Waals surface area contributed by atoms with Crippen molar-refractivity contribution in [3.05, 3.63) is 46.3 Å². The lowest BCUT2D eigenvalue weighted by atomic mass is 10.2. The molecule has 1 heterocycles. The number of pyridine rings is 1. The molecule has 3 nitrogen and oxygen atoms in total. The normalized spacial score (nSPS) is 10.3. The molecule has 0 unspecified atom stereocenters. The Kier molecular flexibility index (Phi) is 3.28. The van der Waals surface area contributed by atoms with Crippen molar-refractivity contribution in [1.29, 1.82) is 0 Å². The summed E-state index contributed by atoms with van der Waals surface area (Å²) in [6, 6.07) is 6.63. The molecule has 0 saturated heterocycles. The van der Waals surface area contributed by atoms with Gasteiger partial charge in [0.05, 0.1) is 5.69 Å². The van der Waals surface area contributed by atoms with Crippen molar-refractivity contribution in [2.24, 2.45) is 0 Å². The van der Waals surface area contributed by atoms with E-state index in [0.717, 1.165) is 5.56 Å². The topological polar surface area (TPSA) is 48.1 Å². The second kappa shape index (κ2) is 4.71.